The number of amides is 1. The highest BCUT2D eigenvalue weighted by molar-refractivity contribution is 5.76. The molecular weight excluding hydrogens is 258 g/mol. The predicted octanol–water partition coefficient (Wildman–Crippen LogP) is 2.03. The predicted molar refractivity (Wildman–Crippen MR) is 73.7 cm³/mol. The minimum atomic E-state index is -0.462. The van der Waals surface area contributed by atoms with Gasteiger partial charge < -0.3 is 9.84 Å². The number of hydrogen-bond acceptors (Lipinski definition) is 4. The number of rotatable bonds is 3. The monoisotopic (exact) mass is 275 g/mol. The Labute approximate surface area is 116 Å². The van der Waals surface area contributed by atoms with E-state index in [2.05, 4.69) is 10.3 Å². The Morgan fingerprint density at radius 2 is 2.05 bits per heavy atom. The second kappa shape index (κ2) is 5.73. The summed E-state index contributed by atoms with van der Waals surface area (Å²) in [5, 5.41) is 2.70. The van der Waals surface area contributed by atoms with E-state index in [9.17, 15) is 9.59 Å². The van der Waals surface area contributed by atoms with Gasteiger partial charge in [0.15, 0.2) is 0 Å². The van der Waals surface area contributed by atoms with Gasteiger partial charge in [-0.25, -0.2) is 9.59 Å². The standard InChI is InChI=1S/C14H17N3O3/c1-9(2)12-10(3)17(20-13(12)18)14(19)16-8-11-4-6-15-7-5-11/h4-7,9H,8H2,1-3H3,(H,16,19). The average molecular weight is 275 g/mol. The zero-order chi connectivity index (χ0) is 14.7. The lowest BCUT2D eigenvalue weighted by Crippen LogP contribution is -2.28. The van der Waals surface area contributed by atoms with E-state index < -0.39 is 11.7 Å². The SMILES string of the molecule is Cc1c(C(C)C)c(=O)on1C(=O)NCc1ccncc1. The molecule has 1 amide bonds. The lowest BCUT2D eigenvalue weighted by molar-refractivity contribution is 0.205. The minimum absolute atomic E-state index is 0.0143. The van der Waals surface area contributed by atoms with Crippen molar-refractivity contribution in [3.63, 3.8) is 0 Å². The van der Waals surface area contributed by atoms with E-state index in [1.54, 1.807) is 31.5 Å². The Hall–Kier alpha value is -2.37. The van der Waals surface area contributed by atoms with Crippen molar-refractivity contribution in [2.45, 2.75) is 33.2 Å². The summed E-state index contributed by atoms with van der Waals surface area (Å²) in [5.41, 5.74) is 1.53. The van der Waals surface area contributed by atoms with Crippen molar-refractivity contribution in [3.05, 3.63) is 51.8 Å². The van der Waals surface area contributed by atoms with Crippen LogP contribution < -0.4 is 10.9 Å². The highest BCUT2D eigenvalue weighted by Gasteiger charge is 2.20. The van der Waals surface area contributed by atoms with E-state index in [4.69, 9.17) is 4.52 Å². The fourth-order valence-corrected chi connectivity index (χ4v) is 2.06. The molecule has 106 valence electrons. The summed E-state index contributed by atoms with van der Waals surface area (Å²) in [6.45, 7) is 5.82. The van der Waals surface area contributed by atoms with E-state index in [0.717, 1.165) is 10.3 Å². The van der Waals surface area contributed by atoms with Crippen molar-refractivity contribution in [1.82, 2.24) is 15.0 Å². The number of nitrogens with zero attached hydrogens (tertiary/aromatic N) is 2. The zero-order valence-corrected chi connectivity index (χ0v) is 11.7. The molecule has 0 aromatic carbocycles. The molecular formula is C14H17N3O3. The molecule has 2 aromatic heterocycles. The van der Waals surface area contributed by atoms with Gasteiger partial charge >= 0.3 is 11.7 Å². The summed E-state index contributed by atoms with van der Waals surface area (Å²) in [7, 11) is 0. The van der Waals surface area contributed by atoms with Crippen molar-refractivity contribution in [2.24, 2.45) is 0 Å². The highest BCUT2D eigenvalue weighted by atomic mass is 16.5. The Bertz CT molecular complexity index is 656. The van der Waals surface area contributed by atoms with Crippen molar-refractivity contribution >= 4 is 6.03 Å². The van der Waals surface area contributed by atoms with Gasteiger partial charge in [0.25, 0.3) is 0 Å². The smallest absolute Gasteiger partial charge is 0.331 e. The zero-order valence-electron chi connectivity index (χ0n) is 11.7. The van der Waals surface area contributed by atoms with Crippen LogP contribution in [0, 0.1) is 6.92 Å². The Morgan fingerprint density at radius 1 is 1.40 bits per heavy atom. The molecule has 20 heavy (non-hydrogen) atoms. The molecule has 1 N–H and O–H groups in total. The molecule has 0 spiro atoms. The second-order valence-corrected chi connectivity index (χ2v) is 4.84. The molecule has 0 radical (unpaired) electrons. The first-order valence-electron chi connectivity index (χ1n) is 6.40. The number of aromatic nitrogens is 2. The van der Waals surface area contributed by atoms with Gasteiger partial charge in [-0.3, -0.25) is 4.98 Å². The van der Waals surface area contributed by atoms with Gasteiger partial charge in [0, 0.05) is 18.9 Å². The number of hydrogen-bond donors (Lipinski definition) is 1. The van der Waals surface area contributed by atoms with E-state index in [1.807, 2.05) is 13.8 Å². The summed E-state index contributed by atoms with van der Waals surface area (Å²) in [6, 6.07) is 3.15. The summed E-state index contributed by atoms with van der Waals surface area (Å²) in [4.78, 5) is 27.6. The molecule has 0 atom stereocenters. The molecule has 6 heteroatoms. The van der Waals surface area contributed by atoms with Crippen LogP contribution in [0.1, 0.15) is 36.6 Å². The van der Waals surface area contributed by atoms with Crippen LogP contribution in [0.15, 0.2) is 33.8 Å². The highest BCUT2D eigenvalue weighted by Crippen LogP contribution is 2.15. The lowest BCUT2D eigenvalue weighted by Gasteiger charge is -2.06. The van der Waals surface area contributed by atoms with Gasteiger partial charge in [0.2, 0.25) is 0 Å². The third-order valence-corrected chi connectivity index (χ3v) is 3.04. The van der Waals surface area contributed by atoms with Crippen LogP contribution >= 0.6 is 0 Å². The van der Waals surface area contributed by atoms with E-state index in [-0.39, 0.29) is 5.92 Å². The van der Waals surface area contributed by atoms with Crippen LogP contribution in [0.2, 0.25) is 0 Å². The molecule has 2 aromatic rings. The molecule has 2 rings (SSSR count). The molecule has 0 saturated heterocycles. The summed E-state index contributed by atoms with van der Waals surface area (Å²) < 4.78 is 6.01. The second-order valence-electron chi connectivity index (χ2n) is 4.84. The van der Waals surface area contributed by atoms with Crippen LogP contribution in [0.25, 0.3) is 0 Å². The van der Waals surface area contributed by atoms with E-state index in [0.29, 0.717) is 17.8 Å². The van der Waals surface area contributed by atoms with Crippen molar-refractivity contribution in [3.8, 4) is 0 Å². The molecule has 0 aliphatic heterocycles. The molecule has 2 heterocycles. The first-order valence-corrected chi connectivity index (χ1v) is 6.40. The van der Waals surface area contributed by atoms with Gasteiger partial charge in [-0.1, -0.05) is 13.8 Å². The van der Waals surface area contributed by atoms with Crippen LogP contribution in [-0.4, -0.2) is 15.8 Å². The maximum atomic E-state index is 12.0. The molecule has 6 nitrogen and oxygen atoms in total. The maximum absolute atomic E-state index is 12.0. The fraction of sp³-hybridized carbons (Fsp3) is 0.357. The number of carbonyl (C=O) groups excluding carboxylic acids is 1. The topological polar surface area (TPSA) is 77.1 Å². The summed E-state index contributed by atoms with van der Waals surface area (Å²) in [5.74, 6) is 0.0143. The normalized spacial score (nSPS) is 10.8. The molecule has 0 fully saturated rings. The van der Waals surface area contributed by atoms with Crippen LogP contribution in [-0.2, 0) is 6.54 Å². The lowest BCUT2D eigenvalue weighted by atomic mass is 10.1. The van der Waals surface area contributed by atoms with Gasteiger partial charge in [-0.2, -0.15) is 0 Å². The van der Waals surface area contributed by atoms with Crippen molar-refractivity contribution in [1.29, 1.82) is 0 Å². The van der Waals surface area contributed by atoms with Crippen LogP contribution in [0.5, 0.6) is 0 Å². The molecule has 0 saturated carbocycles. The minimum Gasteiger partial charge on any atom is -0.331 e. The van der Waals surface area contributed by atoms with Gasteiger partial charge in [0.1, 0.15) is 0 Å². The van der Waals surface area contributed by atoms with Crippen molar-refractivity contribution in [2.75, 3.05) is 0 Å². The Kier molecular flexibility index (Phi) is 4.02. The Morgan fingerprint density at radius 3 is 2.60 bits per heavy atom. The fourth-order valence-electron chi connectivity index (χ4n) is 2.06. The van der Waals surface area contributed by atoms with E-state index in [1.165, 1.54) is 0 Å². The Balaban J connectivity index is 2.14. The molecule has 0 bridgehead atoms. The maximum Gasteiger partial charge on any atom is 0.361 e. The molecule has 0 aliphatic rings. The van der Waals surface area contributed by atoms with Crippen molar-refractivity contribution < 1.29 is 9.32 Å². The third kappa shape index (κ3) is 2.79. The third-order valence-electron chi connectivity index (χ3n) is 3.04. The largest absolute Gasteiger partial charge is 0.361 e. The first kappa shape index (κ1) is 14.0. The number of carbonyl (C=O) groups is 1. The van der Waals surface area contributed by atoms with E-state index >= 15 is 0 Å². The summed E-state index contributed by atoms with van der Waals surface area (Å²) in [6.07, 6.45) is 3.30. The van der Waals surface area contributed by atoms with Crippen LogP contribution in [0.4, 0.5) is 4.79 Å². The average Bonchev–Trinajstić information content (AvgIpc) is 2.72. The van der Waals surface area contributed by atoms with Gasteiger partial charge in [-0.05, 0) is 30.5 Å². The number of pyridine rings is 1. The number of nitrogens with one attached hydrogen (secondary N) is 1. The quantitative estimate of drug-likeness (QED) is 0.929. The van der Waals surface area contributed by atoms with Crippen LogP contribution in [0.3, 0.4) is 0 Å². The first-order chi connectivity index (χ1) is 9.50. The van der Waals surface area contributed by atoms with Gasteiger partial charge in [-0.15, -0.1) is 4.74 Å². The molecule has 0 aliphatic carbocycles. The molecule has 0 unspecified atom stereocenters. The van der Waals surface area contributed by atoms with Gasteiger partial charge in [0.05, 0.1) is 11.3 Å². The summed E-state index contributed by atoms with van der Waals surface area (Å²) >= 11 is 0.